The zero-order chi connectivity index (χ0) is 14.8. The molecule has 6 heteroatoms. The van der Waals surface area contributed by atoms with Gasteiger partial charge in [-0.1, -0.05) is 42.1 Å². The second-order valence-electron chi connectivity index (χ2n) is 4.52. The first-order valence-electron chi connectivity index (χ1n) is 6.42. The van der Waals surface area contributed by atoms with Crippen molar-refractivity contribution in [3.63, 3.8) is 0 Å². The van der Waals surface area contributed by atoms with Gasteiger partial charge in [0.2, 0.25) is 0 Å². The van der Waals surface area contributed by atoms with Crippen LogP contribution < -0.4 is 5.73 Å². The van der Waals surface area contributed by atoms with Gasteiger partial charge in [-0.15, -0.1) is 11.3 Å². The highest BCUT2D eigenvalue weighted by Crippen LogP contribution is 2.29. The van der Waals surface area contributed by atoms with Crippen LogP contribution in [-0.4, -0.2) is 21.0 Å². The number of ketones is 1. The third kappa shape index (κ3) is 2.91. The Morgan fingerprint density at radius 3 is 2.76 bits per heavy atom. The number of hydrogen-bond donors (Lipinski definition) is 1. The van der Waals surface area contributed by atoms with E-state index >= 15 is 0 Å². The zero-order valence-corrected chi connectivity index (χ0v) is 12.9. The van der Waals surface area contributed by atoms with Crippen molar-refractivity contribution in [3.8, 4) is 0 Å². The third-order valence-electron chi connectivity index (χ3n) is 3.04. The third-order valence-corrected chi connectivity index (χ3v) is 4.81. The Morgan fingerprint density at radius 2 is 2.00 bits per heavy atom. The summed E-state index contributed by atoms with van der Waals surface area (Å²) < 4.78 is 0. The van der Waals surface area contributed by atoms with Crippen LogP contribution in [0.5, 0.6) is 0 Å². The number of thiophene rings is 1. The monoisotopic (exact) mass is 315 g/mol. The van der Waals surface area contributed by atoms with Crippen LogP contribution in [-0.2, 0) is 0 Å². The first-order valence-corrected chi connectivity index (χ1v) is 8.17. The van der Waals surface area contributed by atoms with E-state index < -0.39 is 0 Å². The zero-order valence-electron chi connectivity index (χ0n) is 11.3. The van der Waals surface area contributed by atoms with E-state index in [0.29, 0.717) is 16.5 Å². The number of carbonyl (C=O) groups is 1. The van der Waals surface area contributed by atoms with E-state index in [1.165, 1.54) is 23.1 Å². The van der Waals surface area contributed by atoms with Crippen LogP contribution in [0.4, 0.5) is 5.82 Å². The summed E-state index contributed by atoms with van der Waals surface area (Å²) in [5.41, 5.74) is 6.62. The minimum absolute atomic E-state index is 0.0639. The van der Waals surface area contributed by atoms with E-state index in [9.17, 15) is 4.79 Å². The van der Waals surface area contributed by atoms with E-state index in [2.05, 4.69) is 9.97 Å². The summed E-state index contributed by atoms with van der Waals surface area (Å²) in [5.74, 6) is 0.525. The van der Waals surface area contributed by atoms with E-state index in [0.717, 1.165) is 10.2 Å². The Kier molecular flexibility index (Phi) is 3.90. The number of fused-ring (bicyclic) bond motifs is 1. The Bertz CT molecular complexity index is 786. The summed E-state index contributed by atoms with van der Waals surface area (Å²) in [6.07, 6.45) is 0. The molecule has 0 amide bonds. The molecule has 0 aliphatic carbocycles. The van der Waals surface area contributed by atoms with Gasteiger partial charge in [-0.3, -0.25) is 4.79 Å². The minimum atomic E-state index is -0.260. The molecule has 21 heavy (non-hydrogen) atoms. The van der Waals surface area contributed by atoms with Gasteiger partial charge in [-0.25, -0.2) is 9.97 Å². The predicted octanol–water partition coefficient (Wildman–Crippen LogP) is 3.64. The van der Waals surface area contributed by atoms with Crippen LogP contribution in [0.15, 0.2) is 46.9 Å². The van der Waals surface area contributed by atoms with Gasteiger partial charge in [0.25, 0.3) is 0 Å². The van der Waals surface area contributed by atoms with Gasteiger partial charge in [0, 0.05) is 5.56 Å². The summed E-state index contributed by atoms with van der Waals surface area (Å²) >= 11 is 2.85. The molecular weight excluding hydrogens is 302 g/mol. The fourth-order valence-electron chi connectivity index (χ4n) is 1.96. The number of anilines is 1. The van der Waals surface area contributed by atoms with Crippen LogP contribution in [0.1, 0.15) is 17.3 Å². The Balaban J connectivity index is 1.83. The number of Topliss-reactive ketones (excluding diaryl/α,β-unsaturated/α-hetero) is 1. The van der Waals surface area contributed by atoms with Crippen LogP contribution in [0, 0.1) is 0 Å². The molecule has 0 fully saturated rings. The van der Waals surface area contributed by atoms with Crippen LogP contribution in [0.3, 0.4) is 0 Å². The summed E-state index contributed by atoms with van der Waals surface area (Å²) in [4.78, 5) is 21.9. The molecule has 0 aliphatic rings. The van der Waals surface area contributed by atoms with Crippen molar-refractivity contribution in [2.45, 2.75) is 17.3 Å². The van der Waals surface area contributed by atoms with Gasteiger partial charge in [0.05, 0.1) is 10.6 Å². The number of carbonyl (C=O) groups excluding carboxylic acids is 1. The lowest BCUT2D eigenvalue weighted by molar-refractivity contribution is 0.0994. The molecule has 1 aromatic carbocycles. The van der Waals surface area contributed by atoms with Gasteiger partial charge in [-0.2, -0.15) is 0 Å². The molecule has 0 saturated carbocycles. The molecule has 1 atom stereocenters. The Labute approximate surface area is 130 Å². The molecule has 3 rings (SSSR count). The molecular formula is C15H13N3OS2. The van der Waals surface area contributed by atoms with Crippen LogP contribution in [0.25, 0.3) is 10.2 Å². The van der Waals surface area contributed by atoms with Crippen molar-refractivity contribution < 1.29 is 4.79 Å². The maximum Gasteiger partial charge on any atom is 0.191 e. The molecule has 4 nitrogen and oxygen atoms in total. The van der Waals surface area contributed by atoms with Gasteiger partial charge in [0.1, 0.15) is 10.6 Å². The molecule has 2 heterocycles. The van der Waals surface area contributed by atoms with Crippen LogP contribution >= 0.6 is 23.1 Å². The van der Waals surface area contributed by atoms with Crippen molar-refractivity contribution >= 4 is 44.9 Å². The lowest BCUT2D eigenvalue weighted by atomic mass is 10.1. The molecule has 2 aromatic heterocycles. The lowest BCUT2D eigenvalue weighted by Crippen LogP contribution is -2.14. The van der Waals surface area contributed by atoms with Crippen LogP contribution in [0.2, 0.25) is 0 Å². The molecule has 106 valence electrons. The molecule has 0 unspecified atom stereocenters. The highest BCUT2D eigenvalue weighted by atomic mass is 32.2. The first kappa shape index (κ1) is 14.0. The van der Waals surface area contributed by atoms with Gasteiger partial charge in [-0.05, 0) is 18.4 Å². The molecule has 0 bridgehead atoms. The van der Waals surface area contributed by atoms with E-state index in [-0.39, 0.29) is 11.0 Å². The lowest BCUT2D eigenvalue weighted by Gasteiger charge is -2.09. The largest absolute Gasteiger partial charge is 0.383 e. The topological polar surface area (TPSA) is 68.9 Å². The van der Waals surface area contributed by atoms with E-state index in [1.807, 2.05) is 48.7 Å². The van der Waals surface area contributed by atoms with Gasteiger partial charge < -0.3 is 5.73 Å². The number of benzene rings is 1. The van der Waals surface area contributed by atoms with Crippen molar-refractivity contribution in [3.05, 3.63) is 47.3 Å². The van der Waals surface area contributed by atoms with Crippen molar-refractivity contribution in [2.75, 3.05) is 5.73 Å². The number of thioether (sulfide) groups is 1. The molecule has 3 aromatic rings. The predicted molar refractivity (Wildman–Crippen MR) is 87.9 cm³/mol. The summed E-state index contributed by atoms with van der Waals surface area (Å²) in [6.45, 7) is 1.86. The molecule has 0 saturated heterocycles. The Morgan fingerprint density at radius 1 is 1.24 bits per heavy atom. The average Bonchev–Trinajstić information content (AvgIpc) is 2.96. The first-order chi connectivity index (χ1) is 10.1. The number of nitrogens with zero attached hydrogens (tertiary/aromatic N) is 2. The van der Waals surface area contributed by atoms with Gasteiger partial charge in [0.15, 0.2) is 10.9 Å². The SMILES string of the molecule is C[C@H](Sc1nc(N)c2ccsc2n1)C(=O)c1ccccc1. The van der Waals surface area contributed by atoms with E-state index in [4.69, 9.17) is 5.73 Å². The highest BCUT2D eigenvalue weighted by Gasteiger charge is 2.18. The van der Waals surface area contributed by atoms with Crippen molar-refractivity contribution in [1.29, 1.82) is 0 Å². The standard InChI is InChI=1S/C15H13N3OS2/c1-9(12(19)10-5-3-2-4-6-10)21-15-17-13(16)11-7-8-20-14(11)18-15/h2-9H,1H3,(H2,16,17,18)/t9-/m0/s1. The summed E-state index contributed by atoms with van der Waals surface area (Å²) in [6, 6.07) is 11.1. The van der Waals surface area contributed by atoms with Crippen molar-refractivity contribution in [1.82, 2.24) is 9.97 Å². The fraction of sp³-hybridized carbons (Fsp3) is 0.133. The number of rotatable bonds is 4. The molecule has 2 N–H and O–H groups in total. The molecule has 0 spiro atoms. The molecule has 0 aliphatic heterocycles. The normalized spacial score (nSPS) is 12.4. The number of hydrogen-bond acceptors (Lipinski definition) is 6. The fourth-order valence-corrected chi connectivity index (χ4v) is 3.64. The summed E-state index contributed by atoms with van der Waals surface area (Å²) in [5, 5.41) is 3.08. The highest BCUT2D eigenvalue weighted by molar-refractivity contribution is 8.00. The maximum atomic E-state index is 12.3. The number of aromatic nitrogens is 2. The number of nitrogens with two attached hydrogens (primary N) is 1. The summed E-state index contributed by atoms with van der Waals surface area (Å²) in [7, 11) is 0. The smallest absolute Gasteiger partial charge is 0.191 e. The van der Waals surface area contributed by atoms with Gasteiger partial charge >= 0.3 is 0 Å². The molecule has 0 radical (unpaired) electrons. The Hall–Kier alpha value is -1.92. The quantitative estimate of drug-likeness (QED) is 0.452. The minimum Gasteiger partial charge on any atom is -0.383 e. The average molecular weight is 315 g/mol. The second kappa shape index (κ2) is 5.83. The van der Waals surface area contributed by atoms with Crippen molar-refractivity contribution in [2.24, 2.45) is 0 Å². The number of nitrogen functional groups attached to an aromatic ring is 1. The maximum absolute atomic E-state index is 12.3. The van der Waals surface area contributed by atoms with E-state index in [1.54, 1.807) is 0 Å². The second-order valence-corrected chi connectivity index (χ2v) is 6.72.